The minimum atomic E-state index is 0.361. The number of nitrogens with one attached hydrogen (secondary N) is 2. The molecule has 0 aliphatic heterocycles. The molecule has 0 aliphatic carbocycles. The summed E-state index contributed by atoms with van der Waals surface area (Å²) in [6.07, 6.45) is 3.28. The lowest BCUT2D eigenvalue weighted by Crippen LogP contribution is -2.23. The highest BCUT2D eigenvalue weighted by atomic mass is 32.1. The summed E-state index contributed by atoms with van der Waals surface area (Å²) in [6, 6.07) is 11.0. The van der Waals surface area contributed by atoms with E-state index in [1.54, 1.807) is 38.8 Å². The van der Waals surface area contributed by atoms with Crippen molar-refractivity contribution in [2.24, 2.45) is 5.10 Å². The molecule has 2 rings (SSSR count). The molecule has 1 heterocycles. The molecule has 7 heteroatoms. The van der Waals surface area contributed by atoms with Gasteiger partial charge in [0.15, 0.2) is 16.6 Å². The van der Waals surface area contributed by atoms with E-state index in [2.05, 4.69) is 20.8 Å². The molecule has 0 amide bonds. The Hall–Kier alpha value is -2.67. The van der Waals surface area contributed by atoms with Crippen LogP contribution in [0.2, 0.25) is 0 Å². The van der Waals surface area contributed by atoms with E-state index in [0.29, 0.717) is 16.6 Å². The van der Waals surface area contributed by atoms with Gasteiger partial charge in [-0.15, -0.1) is 0 Å². The number of hydrogen-bond donors (Lipinski definition) is 2. The van der Waals surface area contributed by atoms with Crippen molar-refractivity contribution in [3.05, 3.63) is 48.3 Å². The molecule has 6 nitrogen and oxygen atoms in total. The van der Waals surface area contributed by atoms with Gasteiger partial charge in [0, 0.05) is 18.0 Å². The van der Waals surface area contributed by atoms with Gasteiger partial charge in [0.2, 0.25) is 0 Å². The van der Waals surface area contributed by atoms with E-state index in [-0.39, 0.29) is 0 Å². The van der Waals surface area contributed by atoms with Crippen molar-refractivity contribution in [2.75, 3.05) is 19.5 Å². The summed E-state index contributed by atoms with van der Waals surface area (Å²) in [5.74, 6) is 1.27. The Balaban J connectivity index is 1.93. The van der Waals surface area contributed by atoms with E-state index in [4.69, 9.17) is 21.7 Å². The van der Waals surface area contributed by atoms with Crippen molar-refractivity contribution in [1.29, 1.82) is 0 Å². The third-order valence-electron chi connectivity index (χ3n) is 2.69. The topological polar surface area (TPSA) is 67.8 Å². The zero-order valence-corrected chi connectivity index (χ0v) is 13.1. The molecule has 0 atom stereocenters. The zero-order valence-electron chi connectivity index (χ0n) is 12.2. The van der Waals surface area contributed by atoms with Gasteiger partial charge >= 0.3 is 0 Å². The van der Waals surface area contributed by atoms with Crippen LogP contribution in [0.1, 0.15) is 5.69 Å². The Morgan fingerprint density at radius 2 is 2.00 bits per heavy atom. The van der Waals surface area contributed by atoms with Crippen LogP contribution >= 0.6 is 12.2 Å². The summed E-state index contributed by atoms with van der Waals surface area (Å²) in [4.78, 5) is 4.12. The molecule has 1 aromatic heterocycles. The molecule has 0 saturated heterocycles. The quantitative estimate of drug-likeness (QED) is 0.502. The van der Waals surface area contributed by atoms with E-state index in [1.807, 2.05) is 24.3 Å². The Bertz CT molecular complexity index is 662. The van der Waals surface area contributed by atoms with Crippen LogP contribution < -0.4 is 20.2 Å². The lowest BCUT2D eigenvalue weighted by Gasteiger charge is -2.11. The van der Waals surface area contributed by atoms with Crippen LogP contribution in [0.3, 0.4) is 0 Å². The predicted octanol–water partition coefficient (Wildman–Crippen LogP) is 2.42. The summed E-state index contributed by atoms with van der Waals surface area (Å²) >= 11 is 5.16. The summed E-state index contributed by atoms with van der Waals surface area (Å²) in [7, 11) is 3.17. The van der Waals surface area contributed by atoms with Crippen molar-refractivity contribution in [3.63, 3.8) is 0 Å². The normalized spacial score (nSPS) is 10.3. The Morgan fingerprint density at radius 1 is 1.18 bits per heavy atom. The van der Waals surface area contributed by atoms with Gasteiger partial charge in [-0.05, 0) is 36.5 Å². The third-order valence-corrected chi connectivity index (χ3v) is 2.89. The van der Waals surface area contributed by atoms with E-state index < -0.39 is 0 Å². The summed E-state index contributed by atoms with van der Waals surface area (Å²) in [6.45, 7) is 0. The number of hydrazone groups is 1. The van der Waals surface area contributed by atoms with Crippen molar-refractivity contribution in [2.45, 2.75) is 0 Å². The molecular weight excluding hydrogens is 300 g/mol. The molecule has 0 aliphatic rings. The van der Waals surface area contributed by atoms with Gasteiger partial charge in [0.25, 0.3) is 0 Å². The van der Waals surface area contributed by atoms with Crippen LogP contribution in [0, 0.1) is 0 Å². The molecule has 0 radical (unpaired) electrons. The molecule has 114 valence electrons. The van der Waals surface area contributed by atoms with Crippen LogP contribution in [0.4, 0.5) is 5.69 Å². The Morgan fingerprint density at radius 3 is 2.68 bits per heavy atom. The summed E-state index contributed by atoms with van der Waals surface area (Å²) < 4.78 is 10.4. The number of anilines is 1. The first-order chi connectivity index (χ1) is 10.7. The van der Waals surface area contributed by atoms with Crippen LogP contribution in [0.15, 0.2) is 47.7 Å². The van der Waals surface area contributed by atoms with Crippen molar-refractivity contribution in [3.8, 4) is 11.5 Å². The second-order valence-electron chi connectivity index (χ2n) is 4.15. The van der Waals surface area contributed by atoms with Crippen molar-refractivity contribution < 1.29 is 9.47 Å². The van der Waals surface area contributed by atoms with Crippen LogP contribution in [-0.2, 0) is 0 Å². The summed E-state index contributed by atoms with van der Waals surface area (Å²) in [5.41, 5.74) is 4.23. The van der Waals surface area contributed by atoms with Gasteiger partial charge in [-0.1, -0.05) is 6.07 Å². The molecule has 0 fully saturated rings. The maximum Gasteiger partial charge on any atom is 0.191 e. The first kappa shape index (κ1) is 15.7. The average molecular weight is 316 g/mol. The second kappa shape index (κ2) is 7.94. The SMILES string of the molecule is COc1ccc(NC(=S)N/N=C\c2ccccn2)cc1OC. The molecule has 0 unspecified atom stereocenters. The molecule has 0 bridgehead atoms. The minimum absolute atomic E-state index is 0.361. The van der Waals surface area contributed by atoms with Gasteiger partial charge in [-0.25, -0.2) is 0 Å². The van der Waals surface area contributed by atoms with Crippen LogP contribution in [0.5, 0.6) is 11.5 Å². The maximum absolute atomic E-state index is 5.23. The second-order valence-corrected chi connectivity index (χ2v) is 4.56. The molecule has 22 heavy (non-hydrogen) atoms. The molecule has 2 N–H and O–H groups in total. The minimum Gasteiger partial charge on any atom is -0.493 e. The van der Waals surface area contributed by atoms with Gasteiger partial charge in [0.1, 0.15) is 0 Å². The molecule has 0 spiro atoms. The monoisotopic (exact) mass is 316 g/mol. The number of benzene rings is 1. The van der Waals surface area contributed by atoms with Gasteiger partial charge in [0.05, 0.1) is 26.1 Å². The number of nitrogens with zero attached hydrogens (tertiary/aromatic N) is 2. The third kappa shape index (κ3) is 4.42. The number of aromatic nitrogens is 1. The number of pyridine rings is 1. The van der Waals surface area contributed by atoms with E-state index in [1.165, 1.54) is 0 Å². The zero-order chi connectivity index (χ0) is 15.8. The fourth-order valence-corrected chi connectivity index (χ4v) is 1.85. The number of methoxy groups -OCH3 is 2. The standard InChI is InChI=1S/C15H16N4O2S/c1-20-13-7-6-11(9-14(13)21-2)18-15(22)19-17-10-12-5-3-4-8-16-12/h3-10H,1-2H3,(H2,18,19,22)/b17-10-. The largest absolute Gasteiger partial charge is 0.493 e. The number of hydrogen-bond acceptors (Lipinski definition) is 5. The maximum atomic E-state index is 5.23. The number of rotatable bonds is 5. The van der Waals surface area contributed by atoms with Crippen molar-refractivity contribution >= 4 is 29.2 Å². The highest BCUT2D eigenvalue weighted by molar-refractivity contribution is 7.80. The average Bonchev–Trinajstić information content (AvgIpc) is 2.55. The van der Waals surface area contributed by atoms with Gasteiger partial charge in [-0.2, -0.15) is 5.10 Å². The van der Waals surface area contributed by atoms with E-state index >= 15 is 0 Å². The number of ether oxygens (including phenoxy) is 2. The van der Waals surface area contributed by atoms with E-state index in [0.717, 1.165) is 11.4 Å². The van der Waals surface area contributed by atoms with Crippen LogP contribution in [0.25, 0.3) is 0 Å². The molecular formula is C15H16N4O2S. The smallest absolute Gasteiger partial charge is 0.191 e. The lowest BCUT2D eigenvalue weighted by molar-refractivity contribution is 0.355. The Kier molecular flexibility index (Phi) is 5.67. The predicted molar refractivity (Wildman–Crippen MR) is 90.7 cm³/mol. The molecule has 2 aromatic rings. The fraction of sp³-hybridized carbons (Fsp3) is 0.133. The summed E-state index contributed by atoms with van der Waals surface area (Å²) in [5, 5.41) is 7.38. The van der Waals surface area contributed by atoms with Crippen molar-refractivity contribution in [1.82, 2.24) is 10.4 Å². The number of thiocarbonyl (C=S) groups is 1. The van der Waals surface area contributed by atoms with Crippen LogP contribution in [-0.4, -0.2) is 30.5 Å². The van der Waals surface area contributed by atoms with Gasteiger partial charge in [-0.3, -0.25) is 10.4 Å². The Labute approximate surface area is 134 Å². The first-order valence-corrected chi connectivity index (χ1v) is 6.87. The highest BCUT2D eigenvalue weighted by Crippen LogP contribution is 2.29. The lowest BCUT2D eigenvalue weighted by atomic mass is 10.3. The molecule has 1 aromatic carbocycles. The van der Waals surface area contributed by atoms with Gasteiger partial charge < -0.3 is 14.8 Å². The first-order valence-electron chi connectivity index (χ1n) is 6.46. The fourth-order valence-electron chi connectivity index (χ4n) is 1.68. The highest BCUT2D eigenvalue weighted by Gasteiger charge is 2.05. The molecule has 0 saturated carbocycles. The van der Waals surface area contributed by atoms with E-state index in [9.17, 15) is 0 Å².